The van der Waals surface area contributed by atoms with Gasteiger partial charge in [-0.3, -0.25) is 0 Å². The molecule has 0 heterocycles. The van der Waals surface area contributed by atoms with Crippen LogP contribution in [0.3, 0.4) is 0 Å². The summed E-state index contributed by atoms with van der Waals surface area (Å²) in [6.07, 6.45) is 1.84. The number of nitrogens with one attached hydrogen (secondary N) is 1. The van der Waals surface area contributed by atoms with Crippen LogP contribution in [0.5, 0.6) is 0 Å². The summed E-state index contributed by atoms with van der Waals surface area (Å²) in [7, 11) is 0. The molecule has 0 unspecified atom stereocenters. The summed E-state index contributed by atoms with van der Waals surface area (Å²) in [5.41, 5.74) is 0.351. The van der Waals surface area contributed by atoms with Gasteiger partial charge in [0.05, 0.1) is 10.2 Å². The number of carboxylic acid groups (broad SMARTS) is 1. The molecule has 0 spiro atoms. The Morgan fingerprint density at radius 2 is 2.11 bits per heavy atom. The maximum atomic E-state index is 13.3. The Kier molecular flexibility index (Phi) is 5.27. The Labute approximate surface area is 112 Å². The fourth-order valence-corrected chi connectivity index (χ4v) is 1.67. The van der Waals surface area contributed by atoms with E-state index in [1.54, 1.807) is 6.92 Å². The highest BCUT2D eigenvalue weighted by molar-refractivity contribution is 9.10. The predicted octanol–water partition coefficient (Wildman–Crippen LogP) is 3.56. The average Bonchev–Trinajstić information content (AvgIpc) is 2.30. The molecule has 0 bridgehead atoms. The summed E-state index contributed by atoms with van der Waals surface area (Å²) in [5.74, 6) is -2.41. The second kappa shape index (κ2) is 6.49. The van der Waals surface area contributed by atoms with Crippen molar-refractivity contribution in [3.8, 4) is 0 Å². The summed E-state index contributed by atoms with van der Waals surface area (Å²) in [5, 5.41) is 11.5. The van der Waals surface area contributed by atoms with E-state index in [0.29, 0.717) is 6.42 Å². The zero-order valence-corrected chi connectivity index (χ0v) is 11.2. The molecule has 6 heteroatoms. The van der Waals surface area contributed by atoms with Crippen LogP contribution in [0.4, 0.5) is 14.5 Å². The number of hydrogen-bond acceptors (Lipinski definition) is 2. The van der Waals surface area contributed by atoms with Crippen LogP contribution in [-0.4, -0.2) is 17.6 Å². The van der Waals surface area contributed by atoms with Gasteiger partial charge < -0.3 is 10.4 Å². The number of carboxylic acids is 1. The first-order chi connectivity index (χ1) is 8.45. The van der Waals surface area contributed by atoms with Gasteiger partial charge in [-0.05, 0) is 28.4 Å². The van der Waals surface area contributed by atoms with Gasteiger partial charge in [0.25, 0.3) is 0 Å². The lowest BCUT2D eigenvalue weighted by Gasteiger charge is -2.07. The Morgan fingerprint density at radius 3 is 2.67 bits per heavy atom. The van der Waals surface area contributed by atoms with Crippen LogP contribution in [0.2, 0.25) is 0 Å². The molecule has 0 aliphatic carbocycles. The van der Waals surface area contributed by atoms with Gasteiger partial charge in [-0.15, -0.1) is 0 Å². The first-order valence-electron chi connectivity index (χ1n) is 5.26. The van der Waals surface area contributed by atoms with E-state index < -0.39 is 17.6 Å². The third-order valence-corrected chi connectivity index (χ3v) is 2.91. The number of benzene rings is 1. The quantitative estimate of drug-likeness (QED) is 0.644. The Balaban J connectivity index is 2.75. The topological polar surface area (TPSA) is 49.3 Å². The zero-order valence-electron chi connectivity index (χ0n) is 9.64. The van der Waals surface area contributed by atoms with Crippen molar-refractivity contribution in [1.82, 2.24) is 0 Å². The minimum atomic E-state index is -1.000. The van der Waals surface area contributed by atoms with Crippen molar-refractivity contribution < 1.29 is 18.7 Å². The van der Waals surface area contributed by atoms with Crippen LogP contribution in [-0.2, 0) is 4.79 Å². The van der Waals surface area contributed by atoms with Crippen LogP contribution in [0.15, 0.2) is 28.3 Å². The molecular formula is C12H12BrF2NO2. The molecule has 0 aromatic heterocycles. The van der Waals surface area contributed by atoms with Crippen molar-refractivity contribution in [2.75, 3.05) is 11.9 Å². The highest BCUT2D eigenvalue weighted by Crippen LogP contribution is 2.23. The maximum absolute atomic E-state index is 13.3. The molecular weight excluding hydrogens is 308 g/mol. The van der Waals surface area contributed by atoms with Crippen molar-refractivity contribution in [2.45, 2.75) is 13.3 Å². The van der Waals surface area contributed by atoms with Gasteiger partial charge in [-0.2, -0.15) is 0 Å². The number of halogens is 3. The molecule has 1 aromatic rings. The van der Waals surface area contributed by atoms with Gasteiger partial charge in [-0.1, -0.05) is 13.0 Å². The van der Waals surface area contributed by atoms with Crippen LogP contribution in [0, 0.1) is 11.6 Å². The monoisotopic (exact) mass is 319 g/mol. The highest BCUT2D eigenvalue weighted by atomic mass is 79.9. The molecule has 0 aliphatic heterocycles. The highest BCUT2D eigenvalue weighted by Gasteiger charge is 2.08. The summed E-state index contributed by atoms with van der Waals surface area (Å²) in [6, 6.07) is 2.03. The van der Waals surface area contributed by atoms with Gasteiger partial charge in [-0.25, -0.2) is 13.6 Å². The fraction of sp³-hybridized carbons (Fsp3) is 0.250. The molecule has 98 valence electrons. The lowest BCUT2D eigenvalue weighted by Crippen LogP contribution is -2.06. The predicted molar refractivity (Wildman–Crippen MR) is 68.6 cm³/mol. The Bertz CT molecular complexity index is 489. The minimum Gasteiger partial charge on any atom is -0.478 e. The first-order valence-corrected chi connectivity index (χ1v) is 6.05. The number of aliphatic carboxylic acids is 1. The summed E-state index contributed by atoms with van der Waals surface area (Å²) < 4.78 is 26.4. The van der Waals surface area contributed by atoms with E-state index in [1.807, 2.05) is 0 Å². The van der Waals surface area contributed by atoms with Crippen molar-refractivity contribution >= 4 is 27.6 Å². The third-order valence-electron chi connectivity index (χ3n) is 2.31. The Morgan fingerprint density at radius 1 is 1.44 bits per heavy atom. The molecule has 0 amide bonds. The second-order valence-corrected chi connectivity index (χ2v) is 4.37. The van der Waals surface area contributed by atoms with E-state index in [9.17, 15) is 13.6 Å². The molecule has 3 nitrogen and oxygen atoms in total. The Hall–Kier alpha value is -1.43. The summed E-state index contributed by atoms with van der Waals surface area (Å²) >= 11 is 2.95. The average molecular weight is 320 g/mol. The number of carbonyl (C=O) groups is 1. The summed E-state index contributed by atoms with van der Waals surface area (Å²) in [6.45, 7) is 1.87. The molecule has 0 atom stereocenters. The first kappa shape index (κ1) is 14.6. The molecule has 0 radical (unpaired) electrons. The van der Waals surface area contributed by atoms with E-state index in [0.717, 1.165) is 6.07 Å². The van der Waals surface area contributed by atoms with Gasteiger partial charge >= 0.3 is 5.97 Å². The van der Waals surface area contributed by atoms with Crippen LogP contribution in [0.1, 0.15) is 13.3 Å². The van der Waals surface area contributed by atoms with E-state index in [4.69, 9.17) is 5.11 Å². The van der Waals surface area contributed by atoms with Crippen molar-refractivity contribution in [2.24, 2.45) is 0 Å². The molecule has 0 saturated heterocycles. The van der Waals surface area contributed by atoms with Crippen LogP contribution >= 0.6 is 15.9 Å². The normalized spacial score (nSPS) is 11.4. The summed E-state index contributed by atoms with van der Waals surface area (Å²) in [4.78, 5) is 10.7. The smallest absolute Gasteiger partial charge is 0.331 e. The SMILES string of the molecule is CC/C(=C/CNc1cc(Br)c(F)cc1F)C(=O)O. The fourth-order valence-electron chi connectivity index (χ4n) is 1.33. The van der Waals surface area contributed by atoms with Gasteiger partial charge in [0.15, 0.2) is 0 Å². The molecule has 1 rings (SSSR count). The molecule has 18 heavy (non-hydrogen) atoms. The van der Waals surface area contributed by atoms with Crippen molar-refractivity contribution in [1.29, 1.82) is 0 Å². The standard InChI is InChI=1S/C12H12BrF2NO2/c1-2-7(12(17)18)3-4-16-11-5-8(13)9(14)6-10(11)15/h3,5-6,16H,2,4H2,1H3,(H,17,18)/b7-3-. The van der Waals surface area contributed by atoms with Crippen LogP contribution < -0.4 is 5.32 Å². The molecule has 0 fully saturated rings. The molecule has 0 saturated carbocycles. The van der Waals surface area contributed by atoms with E-state index in [-0.39, 0.29) is 22.3 Å². The number of rotatable bonds is 5. The van der Waals surface area contributed by atoms with Crippen molar-refractivity contribution in [3.05, 3.63) is 39.9 Å². The largest absolute Gasteiger partial charge is 0.478 e. The van der Waals surface area contributed by atoms with E-state index in [2.05, 4.69) is 21.2 Å². The molecule has 1 aromatic carbocycles. The second-order valence-electron chi connectivity index (χ2n) is 3.52. The maximum Gasteiger partial charge on any atom is 0.331 e. The van der Waals surface area contributed by atoms with Gasteiger partial charge in [0.2, 0.25) is 0 Å². The lowest BCUT2D eigenvalue weighted by molar-refractivity contribution is -0.132. The molecule has 2 N–H and O–H groups in total. The minimum absolute atomic E-state index is 0.111. The van der Waals surface area contributed by atoms with Crippen molar-refractivity contribution in [3.63, 3.8) is 0 Å². The number of anilines is 1. The zero-order chi connectivity index (χ0) is 13.7. The molecule has 0 aliphatic rings. The van der Waals surface area contributed by atoms with Gasteiger partial charge in [0.1, 0.15) is 11.6 Å². The van der Waals surface area contributed by atoms with E-state index >= 15 is 0 Å². The number of hydrogen-bond donors (Lipinski definition) is 2. The lowest BCUT2D eigenvalue weighted by atomic mass is 10.2. The third kappa shape index (κ3) is 3.80. The van der Waals surface area contributed by atoms with Crippen LogP contribution in [0.25, 0.3) is 0 Å². The van der Waals surface area contributed by atoms with E-state index in [1.165, 1.54) is 12.1 Å². The van der Waals surface area contributed by atoms with Gasteiger partial charge in [0, 0.05) is 18.2 Å².